The molecule has 1 aromatic carbocycles. The number of nitro groups is 1. The molecule has 0 aliphatic heterocycles. The predicted octanol–water partition coefficient (Wildman–Crippen LogP) is 4.03. The molecular formula is C17H19N3O2. The van der Waals surface area contributed by atoms with E-state index in [0.29, 0.717) is 17.4 Å². The van der Waals surface area contributed by atoms with Gasteiger partial charge >= 0.3 is 0 Å². The minimum Gasteiger partial charge on any atom is -0.363 e. The third-order valence-electron chi connectivity index (χ3n) is 4.39. The van der Waals surface area contributed by atoms with Gasteiger partial charge in [0.15, 0.2) is 0 Å². The smallest absolute Gasteiger partial charge is 0.290 e. The van der Waals surface area contributed by atoms with Crippen molar-refractivity contribution >= 4 is 11.5 Å². The van der Waals surface area contributed by atoms with Crippen LogP contribution in [0.2, 0.25) is 0 Å². The first-order valence-corrected chi connectivity index (χ1v) is 7.52. The van der Waals surface area contributed by atoms with Gasteiger partial charge in [-0.25, -0.2) is 4.98 Å². The number of nitrogens with zero attached hydrogens (tertiary/aromatic N) is 2. The zero-order chi connectivity index (χ0) is 15.7. The molecular weight excluding hydrogens is 278 g/mol. The Balaban J connectivity index is 1.90. The molecule has 0 saturated carbocycles. The molecule has 0 amide bonds. The van der Waals surface area contributed by atoms with Crippen molar-refractivity contribution in [2.45, 2.75) is 32.7 Å². The van der Waals surface area contributed by atoms with Gasteiger partial charge in [0, 0.05) is 6.07 Å². The van der Waals surface area contributed by atoms with Gasteiger partial charge in [-0.05, 0) is 42.9 Å². The normalized spacial score (nSPS) is 20.3. The Morgan fingerprint density at radius 2 is 2.05 bits per heavy atom. The monoisotopic (exact) mass is 297 g/mol. The number of pyridine rings is 1. The van der Waals surface area contributed by atoms with Crippen LogP contribution in [0.15, 0.2) is 36.4 Å². The second kappa shape index (κ2) is 5.75. The minimum atomic E-state index is -0.398. The average molecular weight is 297 g/mol. The van der Waals surface area contributed by atoms with Gasteiger partial charge in [-0.1, -0.05) is 31.2 Å². The van der Waals surface area contributed by atoms with Crippen LogP contribution >= 0.6 is 0 Å². The SMILES string of the molecule is Cc1nc(NC2c3ccccc3CCC2C)ccc1[N+](=O)[O-]. The summed E-state index contributed by atoms with van der Waals surface area (Å²) < 4.78 is 0. The number of fused-ring (bicyclic) bond motifs is 1. The van der Waals surface area contributed by atoms with Crippen LogP contribution in [0, 0.1) is 23.0 Å². The summed E-state index contributed by atoms with van der Waals surface area (Å²) in [5, 5.41) is 14.3. The molecule has 5 nitrogen and oxygen atoms in total. The highest BCUT2D eigenvalue weighted by atomic mass is 16.6. The highest BCUT2D eigenvalue weighted by Gasteiger charge is 2.26. The van der Waals surface area contributed by atoms with E-state index < -0.39 is 4.92 Å². The van der Waals surface area contributed by atoms with Gasteiger partial charge in [-0.3, -0.25) is 10.1 Å². The van der Waals surface area contributed by atoms with E-state index in [1.807, 2.05) is 0 Å². The van der Waals surface area contributed by atoms with Gasteiger partial charge in [-0.2, -0.15) is 0 Å². The van der Waals surface area contributed by atoms with Crippen LogP contribution in [0.1, 0.15) is 36.2 Å². The molecule has 2 atom stereocenters. The summed E-state index contributed by atoms with van der Waals surface area (Å²) in [6.45, 7) is 3.90. The maximum atomic E-state index is 10.9. The van der Waals surface area contributed by atoms with Crippen molar-refractivity contribution in [1.82, 2.24) is 4.98 Å². The third kappa shape index (κ3) is 2.66. The van der Waals surface area contributed by atoms with Crippen molar-refractivity contribution in [1.29, 1.82) is 0 Å². The lowest BCUT2D eigenvalue weighted by Gasteiger charge is -2.32. The number of anilines is 1. The molecule has 3 rings (SSSR count). The van der Waals surface area contributed by atoms with Crippen LogP contribution in [0.3, 0.4) is 0 Å². The standard InChI is InChI=1S/C17H19N3O2/c1-11-7-8-13-5-3-4-6-14(13)17(11)19-16-10-9-15(20(21)22)12(2)18-16/h3-6,9-11,17H,7-8H2,1-2H3,(H,18,19). The first kappa shape index (κ1) is 14.5. The summed E-state index contributed by atoms with van der Waals surface area (Å²) in [6, 6.07) is 11.9. The summed E-state index contributed by atoms with van der Waals surface area (Å²) in [7, 11) is 0. The molecule has 1 aliphatic carbocycles. The Hall–Kier alpha value is -2.43. The van der Waals surface area contributed by atoms with Gasteiger partial charge in [0.05, 0.1) is 11.0 Å². The fourth-order valence-corrected chi connectivity index (χ4v) is 3.13. The van der Waals surface area contributed by atoms with Crippen molar-refractivity contribution in [3.63, 3.8) is 0 Å². The second-order valence-corrected chi connectivity index (χ2v) is 5.89. The van der Waals surface area contributed by atoms with Gasteiger partial charge in [0.2, 0.25) is 0 Å². The van der Waals surface area contributed by atoms with Crippen LogP contribution < -0.4 is 5.32 Å². The summed E-state index contributed by atoms with van der Waals surface area (Å²) >= 11 is 0. The first-order chi connectivity index (χ1) is 10.6. The Kier molecular flexibility index (Phi) is 3.79. The van der Waals surface area contributed by atoms with E-state index in [0.717, 1.165) is 12.8 Å². The van der Waals surface area contributed by atoms with Crippen LogP contribution in [-0.4, -0.2) is 9.91 Å². The fourth-order valence-electron chi connectivity index (χ4n) is 3.13. The number of aromatic nitrogens is 1. The van der Waals surface area contributed by atoms with Crippen molar-refractivity contribution in [3.05, 3.63) is 63.3 Å². The Morgan fingerprint density at radius 3 is 2.77 bits per heavy atom. The molecule has 2 unspecified atom stereocenters. The van der Waals surface area contributed by atoms with E-state index in [9.17, 15) is 10.1 Å². The lowest BCUT2D eigenvalue weighted by Crippen LogP contribution is -2.25. The van der Waals surface area contributed by atoms with Gasteiger partial charge in [0.1, 0.15) is 11.5 Å². The van der Waals surface area contributed by atoms with Gasteiger partial charge < -0.3 is 5.32 Å². The number of aryl methyl sites for hydroxylation is 2. The highest BCUT2D eigenvalue weighted by molar-refractivity contribution is 5.47. The summed E-state index contributed by atoms with van der Waals surface area (Å²) in [5.41, 5.74) is 3.17. The molecule has 1 aromatic heterocycles. The molecule has 0 fully saturated rings. The molecule has 1 aliphatic rings. The summed E-state index contributed by atoms with van der Waals surface area (Å²) in [4.78, 5) is 14.8. The van der Waals surface area contributed by atoms with E-state index in [-0.39, 0.29) is 11.7 Å². The number of hydrogen-bond donors (Lipinski definition) is 1. The lowest BCUT2D eigenvalue weighted by atomic mass is 9.81. The van der Waals surface area contributed by atoms with Crippen molar-refractivity contribution in [2.24, 2.45) is 5.92 Å². The van der Waals surface area contributed by atoms with E-state index in [1.165, 1.54) is 17.2 Å². The molecule has 1 heterocycles. The molecule has 1 N–H and O–H groups in total. The quantitative estimate of drug-likeness (QED) is 0.686. The largest absolute Gasteiger partial charge is 0.363 e. The van der Waals surface area contributed by atoms with Crippen molar-refractivity contribution in [2.75, 3.05) is 5.32 Å². The molecule has 0 bridgehead atoms. The number of hydrogen-bond acceptors (Lipinski definition) is 4. The van der Waals surface area contributed by atoms with Crippen LogP contribution in [0.5, 0.6) is 0 Å². The number of nitrogens with one attached hydrogen (secondary N) is 1. The topological polar surface area (TPSA) is 68.1 Å². The fraction of sp³-hybridized carbons (Fsp3) is 0.353. The molecule has 0 radical (unpaired) electrons. The molecule has 5 heteroatoms. The van der Waals surface area contributed by atoms with Crippen molar-refractivity contribution < 1.29 is 4.92 Å². The highest BCUT2D eigenvalue weighted by Crippen LogP contribution is 2.36. The maximum absolute atomic E-state index is 10.9. The maximum Gasteiger partial charge on any atom is 0.290 e. The van der Waals surface area contributed by atoms with E-state index in [1.54, 1.807) is 13.0 Å². The summed E-state index contributed by atoms with van der Waals surface area (Å²) in [5.74, 6) is 1.18. The molecule has 0 spiro atoms. The number of benzene rings is 1. The van der Waals surface area contributed by atoms with Crippen LogP contribution in [0.4, 0.5) is 11.5 Å². The predicted molar refractivity (Wildman–Crippen MR) is 85.9 cm³/mol. The Labute approximate surface area is 129 Å². The zero-order valence-corrected chi connectivity index (χ0v) is 12.7. The molecule has 114 valence electrons. The molecule has 0 saturated heterocycles. The Morgan fingerprint density at radius 1 is 1.27 bits per heavy atom. The van der Waals surface area contributed by atoms with E-state index in [4.69, 9.17) is 0 Å². The van der Waals surface area contributed by atoms with Crippen LogP contribution in [0.25, 0.3) is 0 Å². The molecule has 22 heavy (non-hydrogen) atoms. The van der Waals surface area contributed by atoms with E-state index in [2.05, 4.69) is 41.5 Å². The molecule has 2 aromatic rings. The van der Waals surface area contributed by atoms with Gasteiger partial charge in [0.25, 0.3) is 5.69 Å². The zero-order valence-electron chi connectivity index (χ0n) is 12.7. The summed E-state index contributed by atoms with van der Waals surface area (Å²) in [6.07, 6.45) is 2.23. The van der Waals surface area contributed by atoms with Crippen molar-refractivity contribution in [3.8, 4) is 0 Å². The first-order valence-electron chi connectivity index (χ1n) is 7.52. The average Bonchev–Trinajstić information content (AvgIpc) is 2.50. The Bertz CT molecular complexity index is 715. The third-order valence-corrected chi connectivity index (χ3v) is 4.39. The van der Waals surface area contributed by atoms with Crippen LogP contribution in [-0.2, 0) is 6.42 Å². The van der Waals surface area contributed by atoms with E-state index >= 15 is 0 Å². The minimum absolute atomic E-state index is 0.0580. The lowest BCUT2D eigenvalue weighted by molar-refractivity contribution is -0.385. The second-order valence-electron chi connectivity index (χ2n) is 5.89. The number of rotatable bonds is 3. The van der Waals surface area contributed by atoms with Gasteiger partial charge in [-0.15, -0.1) is 0 Å².